The van der Waals surface area contributed by atoms with Gasteiger partial charge in [-0.1, -0.05) is 34.1 Å². The van der Waals surface area contributed by atoms with Crippen molar-refractivity contribution >= 4 is 22.0 Å². The Morgan fingerprint density at radius 1 is 1.44 bits per heavy atom. The third kappa shape index (κ3) is 3.46. The van der Waals surface area contributed by atoms with Crippen LogP contribution >= 0.6 is 15.9 Å². The minimum atomic E-state index is -0.150. The van der Waals surface area contributed by atoms with Gasteiger partial charge in [0.05, 0.1) is 0 Å². The minimum absolute atomic E-state index is 0.100. The Morgan fingerprint density at radius 2 is 2.22 bits per heavy atom. The fourth-order valence-electron chi connectivity index (χ4n) is 1.97. The number of rotatable bonds is 5. The molecule has 1 aliphatic rings. The van der Waals surface area contributed by atoms with Crippen LogP contribution in [-0.2, 0) is 0 Å². The lowest BCUT2D eigenvalue weighted by Crippen LogP contribution is -2.38. The standard InChI is InChI=1S/C13H17BrN2O2/c14-11-5-2-1-4-9(11)10-8-12(10)16-13(18)15-6-3-7-17/h1-2,4-5,10,12,17H,3,6-8H2,(H2,15,16,18). The van der Waals surface area contributed by atoms with Crippen LogP contribution in [0.4, 0.5) is 4.79 Å². The lowest BCUT2D eigenvalue weighted by molar-refractivity contribution is 0.237. The average Bonchev–Trinajstić information content (AvgIpc) is 3.09. The number of urea groups is 1. The predicted octanol–water partition coefficient (Wildman–Crippen LogP) is 1.99. The van der Waals surface area contributed by atoms with Crippen molar-refractivity contribution in [1.82, 2.24) is 10.6 Å². The van der Waals surface area contributed by atoms with E-state index in [9.17, 15) is 4.79 Å². The van der Waals surface area contributed by atoms with Crippen molar-refractivity contribution in [2.24, 2.45) is 0 Å². The topological polar surface area (TPSA) is 61.4 Å². The highest BCUT2D eigenvalue weighted by atomic mass is 79.9. The van der Waals surface area contributed by atoms with Crippen molar-refractivity contribution < 1.29 is 9.90 Å². The van der Waals surface area contributed by atoms with Gasteiger partial charge in [0.15, 0.2) is 0 Å². The third-order valence-electron chi connectivity index (χ3n) is 3.03. The van der Waals surface area contributed by atoms with Crippen LogP contribution in [0, 0.1) is 0 Å². The van der Waals surface area contributed by atoms with Crippen LogP contribution in [0.1, 0.15) is 24.3 Å². The quantitative estimate of drug-likeness (QED) is 0.728. The van der Waals surface area contributed by atoms with E-state index in [-0.39, 0.29) is 18.7 Å². The lowest BCUT2D eigenvalue weighted by Gasteiger charge is -2.07. The molecule has 1 aliphatic carbocycles. The summed E-state index contributed by atoms with van der Waals surface area (Å²) in [6.45, 7) is 0.609. The number of nitrogens with one attached hydrogen (secondary N) is 2. The Kier molecular flexibility index (Phi) is 4.60. The van der Waals surface area contributed by atoms with E-state index in [0.717, 1.165) is 10.9 Å². The van der Waals surface area contributed by atoms with E-state index < -0.39 is 0 Å². The number of hydrogen-bond donors (Lipinski definition) is 3. The molecule has 2 rings (SSSR count). The molecule has 2 amide bonds. The summed E-state index contributed by atoms with van der Waals surface area (Å²) in [5.74, 6) is 0.407. The van der Waals surface area contributed by atoms with Gasteiger partial charge in [-0.3, -0.25) is 0 Å². The number of amides is 2. The van der Waals surface area contributed by atoms with E-state index in [1.54, 1.807) is 0 Å². The van der Waals surface area contributed by atoms with Crippen LogP contribution in [-0.4, -0.2) is 30.3 Å². The Labute approximate surface area is 115 Å². The van der Waals surface area contributed by atoms with Gasteiger partial charge in [0.1, 0.15) is 0 Å². The van der Waals surface area contributed by atoms with Crippen LogP contribution < -0.4 is 10.6 Å². The molecule has 5 heteroatoms. The summed E-state index contributed by atoms with van der Waals surface area (Å²) in [5.41, 5.74) is 1.25. The molecule has 1 aromatic carbocycles. The molecule has 0 spiro atoms. The fraction of sp³-hybridized carbons (Fsp3) is 0.462. The molecule has 4 nitrogen and oxygen atoms in total. The minimum Gasteiger partial charge on any atom is -0.396 e. The molecule has 98 valence electrons. The van der Waals surface area contributed by atoms with Crippen LogP contribution in [0.3, 0.4) is 0 Å². The molecule has 1 fully saturated rings. The molecular weight excluding hydrogens is 296 g/mol. The summed E-state index contributed by atoms with van der Waals surface area (Å²) < 4.78 is 1.10. The maximum absolute atomic E-state index is 11.5. The van der Waals surface area contributed by atoms with Crippen molar-refractivity contribution in [2.45, 2.75) is 24.8 Å². The second-order valence-electron chi connectivity index (χ2n) is 4.45. The van der Waals surface area contributed by atoms with Crippen LogP contribution in [0.15, 0.2) is 28.7 Å². The highest BCUT2D eigenvalue weighted by molar-refractivity contribution is 9.10. The van der Waals surface area contributed by atoms with Gasteiger partial charge in [-0.2, -0.15) is 0 Å². The van der Waals surface area contributed by atoms with Crippen LogP contribution in [0.25, 0.3) is 0 Å². The molecule has 2 unspecified atom stereocenters. The fourth-order valence-corrected chi connectivity index (χ4v) is 2.55. The van der Waals surface area contributed by atoms with Crippen molar-refractivity contribution in [3.8, 4) is 0 Å². The molecule has 1 aromatic rings. The van der Waals surface area contributed by atoms with Gasteiger partial charge < -0.3 is 15.7 Å². The van der Waals surface area contributed by atoms with Gasteiger partial charge >= 0.3 is 6.03 Å². The first-order chi connectivity index (χ1) is 8.72. The molecule has 1 saturated carbocycles. The largest absolute Gasteiger partial charge is 0.396 e. The van der Waals surface area contributed by atoms with Crippen molar-refractivity contribution in [1.29, 1.82) is 0 Å². The highest BCUT2D eigenvalue weighted by Gasteiger charge is 2.40. The second-order valence-corrected chi connectivity index (χ2v) is 5.30. The zero-order valence-electron chi connectivity index (χ0n) is 10.0. The molecule has 0 radical (unpaired) electrons. The molecule has 0 saturated heterocycles. The predicted molar refractivity (Wildman–Crippen MR) is 73.5 cm³/mol. The summed E-state index contributed by atoms with van der Waals surface area (Å²) in [6.07, 6.45) is 1.57. The maximum atomic E-state index is 11.5. The Bertz CT molecular complexity index is 425. The highest BCUT2D eigenvalue weighted by Crippen LogP contribution is 2.43. The number of benzene rings is 1. The van der Waals surface area contributed by atoms with Gasteiger partial charge in [0.2, 0.25) is 0 Å². The molecule has 0 aromatic heterocycles. The van der Waals surface area contributed by atoms with E-state index in [0.29, 0.717) is 18.9 Å². The molecule has 2 atom stereocenters. The lowest BCUT2D eigenvalue weighted by atomic mass is 10.1. The van der Waals surface area contributed by atoms with Gasteiger partial charge in [-0.15, -0.1) is 0 Å². The summed E-state index contributed by atoms with van der Waals surface area (Å²) in [7, 11) is 0. The molecular formula is C13H17BrN2O2. The van der Waals surface area contributed by atoms with E-state index >= 15 is 0 Å². The zero-order chi connectivity index (χ0) is 13.0. The first-order valence-electron chi connectivity index (χ1n) is 6.12. The van der Waals surface area contributed by atoms with Crippen molar-refractivity contribution in [2.75, 3.05) is 13.2 Å². The first kappa shape index (κ1) is 13.4. The van der Waals surface area contributed by atoms with Crippen LogP contribution in [0.2, 0.25) is 0 Å². The van der Waals surface area contributed by atoms with E-state index in [1.165, 1.54) is 5.56 Å². The van der Waals surface area contributed by atoms with E-state index in [4.69, 9.17) is 5.11 Å². The van der Waals surface area contributed by atoms with Crippen molar-refractivity contribution in [3.63, 3.8) is 0 Å². The normalized spacial score (nSPS) is 21.4. The van der Waals surface area contributed by atoms with E-state index in [2.05, 4.69) is 32.6 Å². The summed E-state index contributed by atoms with van der Waals surface area (Å²) >= 11 is 3.53. The number of hydrogen-bond acceptors (Lipinski definition) is 2. The molecule has 0 aliphatic heterocycles. The summed E-state index contributed by atoms with van der Waals surface area (Å²) in [4.78, 5) is 11.5. The molecule has 18 heavy (non-hydrogen) atoms. The first-order valence-corrected chi connectivity index (χ1v) is 6.91. The molecule has 0 bridgehead atoms. The van der Waals surface area contributed by atoms with Gasteiger partial charge in [0.25, 0.3) is 0 Å². The SMILES string of the molecule is O=C(NCCCO)NC1CC1c1ccccc1Br. The smallest absolute Gasteiger partial charge is 0.315 e. The van der Waals surface area contributed by atoms with Crippen molar-refractivity contribution in [3.05, 3.63) is 34.3 Å². The van der Waals surface area contributed by atoms with Gasteiger partial charge in [-0.25, -0.2) is 4.79 Å². The van der Waals surface area contributed by atoms with E-state index in [1.807, 2.05) is 18.2 Å². The zero-order valence-corrected chi connectivity index (χ0v) is 11.6. The Balaban J connectivity index is 1.78. The average molecular weight is 313 g/mol. The summed E-state index contributed by atoms with van der Waals surface area (Å²) in [6, 6.07) is 8.17. The maximum Gasteiger partial charge on any atom is 0.315 e. The Hall–Kier alpha value is -1.07. The Morgan fingerprint density at radius 3 is 2.94 bits per heavy atom. The number of carbonyl (C=O) groups is 1. The summed E-state index contributed by atoms with van der Waals surface area (Å²) in [5, 5.41) is 14.3. The molecule has 0 heterocycles. The molecule has 3 N–H and O–H groups in total. The number of aliphatic hydroxyl groups excluding tert-OH is 1. The number of halogens is 1. The second kappa shape index (κ2) is 6.20. The third-order valence-corrected chi connectivity index (χ3v) is 3.75. The number of carbonyl (C=O) groups excluding carboxylic acids is 1. The number of aliphatic hydroxyl groups is 1. The monoisotopic (exact) mass is 312 g/mol. The van der Waals surface area contributed by atoms with Crippen LogP contribution in [0.5, 0.6) is 0 Å². The van der Waals surface area contributed by atoms with Gasteiger partial charge in [-0.05, 0) is 24.5 Å². The van der Waals surface area contributed by atoms with Gasteiger partial charge in [0, 0.05) is 29.6 Å².